The van der Waals surface area contributed by atoms with E-state index in [-0.39, 0.29) is 5.91 Å². The highest BCUT2D eigenvalue weighted by atomic mass is 32.1. The first-order valence-electron chi connectivity index (χ1n) is 11.3. The van der Waals surface area contributed by atoms with Gasteiger partial charge in [-0.25, -0.2) is 0 Å². The number of piperidine rings is 1. The molecule has 32 heavy (non-hydrogen) atoms. The Hall–Kier alpha value is -2.48. The lowest BCUT2D eigenvalue weighted by Gasteiger charge is -2.31. The van der Waals surface area contributed by atoms with Crippen molar-refractivity contribution in [1.82, 2.24) is 20.7 Å². The van der Waals surface area contributed by atoms with Crippen molar-refractivity contribution >= 4 is 17.2 Å². The first kappa shape index (κ1) is 22.7. The standard InChI is InChI=1S/C25H32N4O2S/c1-29(17-19-6-3-2-4-7-19)18-23-14-22(28-31-23)12-21-15-26-10-9-20(21)13-25(30)27-16-24-8-5-11-32-24/h2-8,11,14,20-21,26H,9-10,12-13,15-18H2,1H3,(H,27,30)/t20-,21-/m0/s1. The van der Waals surface area contributed by atoms with Crippen LogP contribution in [0.4, 0.5) is 0 Å². The summed E-state index contributed by atoms with van der Waals surface area (Å²) in [5.41, 5.74) is 2.26. The summed E-state index contributed by atoms with van der Waals surface area (Å²) in [5.74, 6) is 1.77. The SMILES string of the molecule is CN(Cc1ccccc1)Cc1cc(C[C@H]2CNCC[C@H]2CC(=O)NCc2cccs2)no1. The molecular weight excluding hydrogens is 420 g/mol. The zero-order valence-corrected chi connectivity index (χ0v) is 19.4. The molecule has 2 N–H and O–H groups in total. The summed E-state index contributed by atoms with van der Waals surface area (Å²) in [7, 11) is 2.09. The average Bonchev–Trinajstić information content (AvgIpc) is 3.46. The lowest BCUT2D eigenvalue weighted by molar-refractivity contribution is -0.122. The molecule has 0 radical (unpaired) electrons. The summed E-state index contributed by atoms with van der Waals surface area (Å²) in [6.45, 7) is 4.09. The van der Waals surface area contributed by atoms with Gasteiger partial charge in [0.1, 0.15) is 0 Å². The molecule has 0 bridgehead atoms. The number of aromatic nitrogens is 1. The first-order valence-corrected chi connectivity index (χ1v) is 12.2. The van der Waals surface area contributed by atoms with Crippen molar-refractivity contribution in [3.63, 3.8) is 0 Å². The Kier molecular flexibility index (Phi) is 8.09. The van der Waals surface area contributed by atoms with Crippen LogP contribution in [0.1, 0.15) is 34.7 Å². The molecule has 2 aromatic heterocycles. The van der Waals surface area contributed by atoms with Crippen molar-refractivity contribution < 1.29 is 9.32 Å². The second-order valence-electron chi connectivity index (χ2n) is 8.72. The van der Waals surface area contributed by atoms with Crippen LogP contribution in [0, 0.1) is 11.8 Å². The molecule has 170 valence electrons. The molecule has 1 aliphatic rings. The molecule has 7 heteroatoms. The van der Waals surface area contributed by atoms with Crippen LogP contribution in [-0.4, -0.2) is 36.1 Å². The van der Waals surface area contributed by atoms with Crippen molar-refractivity contribution in [2.24, 2.45) is 11.8 Å². The van der Waals surface area contributed by atoms with Gasteiger partial charge in [0.15, 0.2) is 5.76 Å². The van der Waals surface area contributed by atoms with Crippen LogP contribution >= 0.6 is 11.3 Å². The van der Waals surface area contributed by atoms with E-state index in [9.17, 15) is 4.79 Å². The third kappa shape index (κ3) is 6.76. The number of amides is 1. The highest BCUT2D eigenvalue weighted by Gasteiger charge is 2.28. The monoisotopic (exact) mass is 452 g/mol. The minimum absolute atomic E-state index is 0.138. The minimum Gasteiger partial charge on any atom is -0.360 e. The normalized spacial score (nSPS) is 18.7. The van der Waals surface area contributed by atoms with Crippen LogP contribution in [0.25, 0.3) is 0 Å². The fourth-order valence-corrected chi connectivity index (χ4v) is 5.05. The third-order valence-corrected chi connectivity index (χ3v) is 6.93. The molecule has 0 unspecified atom stereocenters. The number of rotatable bonds is 10. The summed E-state index contributed by atoms with van der Waals surface area (Å²) >= 11 is 1.67. The van der Waals surface area contributed by atoms with Gasteiger partial charge in [-0.15, -0.1) is 11.3 Å². The maximum Gasteiger partial charge on any atom is 0.220 e. The Labute approximate surface area is 194 Å². The number of benzene rings is 1. The maximum absolute atomic E-state index is 12.5. The number of hydrogen-bond donors (Lipinski definition) is 2. The molecule has 1 fully saturated rings. The molecule has 0 saturated carbocycles. The fraction of sp³-hybridized carbons (Fsp3) is 0.440. The number of thiophene rings is 1. The van der Waals surface area contributed by atoms with Gasteiger partial charge in [0.05, 0.1) is 18.8 Å². The number of hydrogen-bond acceptors (Lipinski definition) is 6. The van der Waals surface area contributed by atoms with E-state index in [0.29, 0.717) is 24.8 Å². The van der Waals surface area contributed by atoms with Gasteiger partial charge >= 0.3 is 0 Å². The van der Waals surface area contributed by atoms with Crippen molar-refractivity contribution in [2.75, 3.05) is 20.1 Å². The Morgan fingerprint density at radius 2 is 2.09 bits per heavy atom. The van der Waals surface area contributed by atoms with E-state index in [4.69, 9.17) is 4.52 Å². The zero-order chi connectivity index (χ0) is 22.2. The molecule has 3 heterocycles. The van der Waals surface area contributed by atoms with Gasteiger partial charge in [-0.2, -0.15) is 0 Å². The van der Waals surface area contributed by atoms with Gasteiger partial charge in [0.2, 0.25) is 5.91 Å². The van der Waals surface area contributed by atoms with E-state index in [1.807, 2.05) is 17.5 Å². The zero-order valence-electron chi connectivity index (χ0n) is 18.6. The van der Waals surface area contributed by atoms with Gasteiger partial charge in [0.25, 0.3) is 0 Å². The quantitative estimate of drug-likeness (QED) is 0.489. The molecule has 0 aliphatic carbocycles. The smallest absolute Gasteiger partial charge is 0.220 e. The summed E-state index contributed by atoms with van der Waals surface area (Å²) in [6, 6.07) is 16.6. The second-order valence-corrected chi connectivity index (χ2v) is 9.75. The van der Waals surface area contributed by atoms with Crippen LogP contribution in [0.15, 0.2) is 58.4 Å². The molecule has 4 rings (SSSR count). The van der Waals surface area contributed by atoms with E-state index in [1.165, 1.54) is 10.4 Å². The van der Waals surface area contributed by atoms with Crippen molar-refractivity contribution in [1.29, 1.82) is 0 Å². The van der Waals surface area contributed by atoms with Crippen molar-refractivity contribution in [3.05, 3.63) is 75.8 Å². The molecular formula is C25H32N4O2S. The van der Waals surface area contributed by atoms with Crippen molar-refractivity contribution in [3.8, 4) is 0 Å². The molecule has 1 saturated heterocycles. The number of nitrogens with zero attached hydrogens (tertiary/aromatic N) is 2. The van der Waals surface area contributed by atoms with Gasteiger partial charge in [-0.3, -0.25) is 9.69 Å². The average molecular weight is 453 g/mol. The highest BCUT2D eigenvalue weighted by molar-refractivity contribution is 7.09. The number of carbonyl (C=O) groups is 1. The predicted molar refractivity (Wildman–Crippen MR) is 127 cm³/mol. The van der Waals surface area contributed by atoms with E-state index < -0.39 is 0 Å². The Balaban J connectivity index is 1.27. The summed E-state index contributed by atoms with van der Waals surface area (Å²) in [6.07, 6.45) is 2.42. The highest BCUT2D eigenvalue weighted by Crippen LogP contribution is 2.26. The topological polar surface area (TPSA) is 70.4 Å². The fourth-order valence-electron chi connectivity index (χ4n) is 4.41. The lowest BCUT2D eigenvalue weighted by atomic mass is 9.81. The van der Waals surface area contributed by atoms with Crippen LogP contribution in [0.2, 0.25) is 0 Å². The largest absolute Gasteiger partial charge is 0.360 e. The number of nitrogens with one attached hydrogen (secondary N) is 2. The van der Waals surface area contributed by atoms with Gasteiger partial charge < -0.3 is 15.2 Å². The second kappa shape index (κ2) is 11.4. The van der Waals surface area contributed by atoms with E-state index in [2.05, 4.69) is 64.1 Å². The molecule has 0 spiro atoms. The van der Waals surface area contributed by atoms with Gasteiger partial charge in [0, 0.05) is 23.9 Å². The molecule has 1 aromatic carbocycles. The molecule has 1 aliphatic heterocycles. The Bertz CT molecular complexity index is 958. The molecule has 3 aromatic rings. The maximum atomic E-state index is 12.5. The lowest BCUT2D eigenvalue weighted by Crippen LogP contribution is -2.40. The first-order chi connectivity index (χ1) is 15.7. The van der Waals surface area contributed by atoms with Crippen molar-refractivity contribution in [2.45, 2.75) is 38.9 Å². The van der Waals surface area contributed by atoms with E-state index in [1.54, 1.807) is 11.3 Å². The van der Waals surface area contributed by atoms with E-state index in [0.717, 1.165) is 50.5 Å². The summed E-state index contributed by atoms with van der Waals surface area (Å²) < 4.78 is 5.62. The molecule has 6 nitrogen and oxygen atoms in total. The van der Waals surface area contributed by atoms with Gasteiger partial charge in [-0.05, 0) is 61.8 Å². The Morgan fingerprint density at radius 3 is 2.91 bits per heavy atom. The van der Waals surface area contributed by atoms with Gasteiger partial charge in [-0.1, -0.05) is 41.6 Å². The number of carbonyl (C=O) groups excluding carboxylic acids is 1. The molecule has 1 amide bonds. The van der Waals surface area contributed by atoms with Crippen LogP contribution in [0.5, 0.6) is 0 Å². The van der Waals surface area contributed by atoms with E-state index >= 15 is 0 Å². The summed E-state index contributed by atoms with van der Waals surface area (Å²) in [5, 5.41) is 12.9. The summed E-state index contributed by atoms with van der Waals surface area (Å²) in [4.78, 5) is 15.9. The Morgan fingerprint density at radius 1 is 1.22 bits per heavy atom. The predicted octanol–water partition coefficient (Wildman–Crippen LogP) is 3.84. The third-order valence-electron chi connectivity index (χ3n) is 6.05. The minimum atomic E-state index is 0.138. The molecule has 2 atom stereocenters. The van der Waals surface area contributed by atoms with Crippen LogP contribution < -0.4 is 10.6 Å². The van der Waals surface area contributed by atoms with Crippen LogP contribution in [-0.2, 0) is 30.8 Å². The van der Waals surface area contributed by atoms with Crippen LogP contribution in [0.3, 0.4) is 0 Å².